The normalized spacial score (nSPS) is 12.2. The predicted octanol–water partition coefficient (Wildman–Crippen LogP) is 2.77. The number of hydrogen-bond donors (Lipinski definition) is 2. The highest BCUT2D eigenvalue weighted by Gasteiger charge is 2.17. The number of aliphatic imine (C=N–C) groups is 1. The third-order valence-corrected chi connectivity index (χ3v) is 5.90. The Kier molecular flexibility index (Phi) is 8.60. The van der Waals surface area contributed by atoms with Gasteiger partial charge in [-0.2, -0.15) is 0 Å². The van der Waals surface area contributed by atoms with Crippen LogP contribution < -0.4 is 5.48 Å². The second-order valence-electron chi connectivity index (χ2n) is 5.84. The zero-order valence-corrected chi connectivity index (χ0v) is 18.2. The lowest BCUT2D eigenvalue weighted by Crippen LogP contribution is -2.21. The number of rotatable bonds is 10. The summed E-state index contributed by atoms with van der Waals surface area (Å²) in [5, 5.41) is 17.4. The quantitative estimate of drug-likeness (QED) is 0.169. The standard InChI is InChI=1S/C16H19BrN4O5S2/c1-28(24,25)9-7-13(22)6-3-8-27-16-14(20-26-21-16)15(19-23)18-12-5-2-4-11(17)10-12/h2,4-5,10,23H,3,6-9H2,1H3,(H,18,19). The largest absolute Gasteiger partial charge is 0.300 e. The van der Waals surface area contributed by atoms with Crippen LogP contribution in [0.2, 0.25) is 0 Å². The second kappa shape index (κ2) is 10.7. The zero-order valence-electron chi connectivity index (χ0n) is 15.0. The van der Waals surface area contributed by atoms with Crippen LogP contribution in [0.1, 0.15) is 25.0 Å². The van der Waals surface area contributed by atoms with Crippen LogP contribution in [0.3, 0.4) is 0 Å². The molecule has 0 bridgehead atoms. The number of aromatic nitrogens is 2. The van der Waals surface area contributed by atoms with Gasteiger partial charge in [-0.15, -0.1) is 11.8 Å². The monoisotopic (exact) mass is 490 g/mol. The van der Waals surface area contributed by atoms with E-state index >= 15 is 0 Å². The van der Waals surface area contributed by atoms with E-state index in [0.717, 1.165) is 10.7 Å². The van der Waals surface area contributed by atoms with Gasteiger partial charge in [-0.05, 0) is 34.9 Å². The minimum Gasteiger partial charge on any atom is -0.300 e. The lowest BCUT2D eigenvalue weighted by Gasteiger charge is -2.04. The summed E-state index contributed by atoms with van der Waals surface area (Å²) in [5.41, 5.74) is 2.83. The van der Waals surface area contributed by atoms with Crippen molar-refractivity contribution in [2.45, 2.75) is 24.3 Å². The average Bonchev–Trinajstić information content (AvgIpc) is 3.09. The maximum atomic E-state index is 11.7. The highest BCUT2D eigenvalue weighted by atomic mass is 79.9. The first kappa shape index (κ1) is 22.5. The number of hydroxylamine groups is 1. The Hall–Kier alpha value is -1.76. The molecule has 12 heteroatoms. The smallest absolute Gasteiger partial charge is 0.186 e. The molecule has 1 aromatic heterocycles. The number of thioether (sulfide) groups is 1. The van der Waals surface area contributed by atoms with E-state index in [-0.39, 0.29) is 35.9 Å². The summed E-state index contributed by atoms with van der Waals surface area (Å²) >= 11 is 4.65. The molecule has 1 aromatic carbocycles. The van der Waals surface area contributed by atoms with Gasteiger partial charge in [0.25, 0.3) is 0 Å². The van der Waals surface area contributed by atoms with Gasteiger partial charge in [0.15, 0.2) is 16.6 Å². The Morgan fingerprint density at radius 3 is 2.82 bits per heavy atom. The van der Waals surface area contributed by atoms with Crippen LogP contribution in [0.25, 0.3) is 0 Å². The topological polar surface area (TPSA) is 135 Å². The van der Waals surface area contributed by atoms with Crippen molar-refractivity contribution >= 4 is 54.8 Å². The Balaban J connectivity index is 1.93. The van der Waals surface area contributed by atoms with E-state index in [4.69, 9.17) is 4.63 Å². The summed E-state index contributed by atoms with van der Waals surface area (Å²) in [6, 6.07) is 7.17. The van der Waals surface area contributed by atoms with Crippen LogP contribution in [0.4, 0.5) is 5.69 Å². The fourth-order valence-electron chi connectivity index (χ4n) is 2.09. The van der Waals surface area contributed by atoms with Crippen molar-refractivity contribution in [3.8, 4) is 0 Å². The molecule has 0 aliphatic rings. The molecule has 152 valence electrons. The van der Waals surface area contributed by atoms with Gasteiger partial charge in [0, 0.05) is 29.3 Å². The zero-order chi connectivity index (χ0) is 20.6. The fourth-order valence-corrected chi connectivity index (χ4v) is 3.91. The molecule has 0 atom stereocenters. The molecule has 2 N–H and O–H groups in total. The summed E-state index contributed by atoms with van der Waals surface area (Å²) in [4.78, 5) is 16.0. The predicted molar refractivity (Wildman–Crippen MR) is 109 cm³/mol. The third-order valence-electron chi connectivity index (χ3n) is 3.43. The fraction of sp³-hybridized carbons (Fsp3) is 0.375. The number of hydrogen-bond acceptors (Lipinski definition) is 9. The molecule has 0 saturated carbocycles. The van der Waals surface area contributed by atoms with Crippen LogP contribution in [0.5, 0.6) is 0 Å². The van der Waals surface area contributed by atoms with Crippen molar-refractivity contribution in [3.63, 3.8) is 0 Å². The molecule has 0 amide bonds. The number of halogens is 1. The number of nitrogens with one attached hydrogen (secondary N) is 1. The molecule has 0 unspecified atom stereocenters. The van der Waals surface area contributed by atoms with Crippen molar-refractivity contribution in [3.05, 3.63) is 34.4 Å². The van der Waals surface area contributed by atoms with Crippen LogP contribution >= 0.6 is 27.7 Å². The van der Waals surface area contributed by atoms with Crippen LogP contribution in [0, 0.1) is 0 Å². The number of Topliss-reactive ketones (excluding diaryl/α,β-unsaturated/α-hetero) is 1. The summed E-state index contributed by atoms with van der Waals surface area (Å²) in [6.45, 7) is 0. The molecule has 0 aliphatic heterocycles. The number of nitrogens with zero attached hydrogens (tertiary/aromatic N) is 3. The number of amidine groups is 1. The van der Waals surface area contributed by atoms with Crippen LogP contribution in [-0.4, -0.2) is 53.3 Å². The number of carbonyl (C=O) groups is 1. The molecule has 28 heavy (non-hydrogen) atoms. The molecule has 2 rings (SSSR count). The number of carbonyl (C=O) groups excluding carboxylic acids is 1. The molecule has 0 radical (unpaired) electrons. The summed E-state index contributed by atoms with van der Waals surface area (Å²) in [5.74, 6) is 0.388. The van der Waals surface area contributed by atoms with E-state index in [2.05, 4.69) is 31.2 Å². The molecule has 9 nitrogen and oxygen atoms in total. The first-order valence-electron chi connectivity index (χ1n) is 8.18. The Bertz CT molecular complexity index is 946. The molecular formula is C16H19BrN4O5S2. The van der Waals surface area contributed by atoms with Crippen molar-refractivity contribution in [2.24, 2.45) is 4.99 Å². The second-order valence-corrected chi connectivity index (χ2v) is 10.1. The Morgan fingerprint density at radius 1 is 1.36 bits per heavy atom. The van der Waals surface area contributed by atoms with Gasteiger partial charge >= 0.3 is 0 Å². The summed E-state index contributed by atoms with van der Waals surface area (Å²) in [7, 11) is -3.14. The van der Waals surface area contributed by atoms with Crippen molar-refractivity contribution < 1.29 is 23.0 Å². The molecule has 0 saturated heterocycles. The molecule has 0 spiro atoms. The van der Waals surface area contributed by atoms with Gasteiger partial charge < -0.3 is 0 Å². The number of benzene rings is 1. The minimum atomic E-state index is -3.14. The first-order chi connectivity index (χ1) is 13.3. The molecule has 2 aromatic rings. The van der Waals surface area contributed by atoms with Crippen molar-refractivity contribution in [1.82, 2.24) is 15.8 Å². The third kappa shape index (κ3) is 7.70. The maximum absolute atomic E-state index is 11.7. The van der Waals surface area contributed by atoms with Crippen molar-refractivity contribution in [1.29, 1.82) is 0 Å². The summed E-state index contributed by atoms with van der Waals surface area (Å²) < 4.78 is 27.7. The van der Waals surface area contributed by atoms with Crippen LogP contribution in [-0.2, 0) is 14.6 Å². The van der Waals surface area contributed by atoms with E-state index in [0.29, 0.717) is 22.9 Å². The first-order valence-corrected chi connectivity index (χ1v) is 12.0. The lowest BCUT2D eigenvalue weighted by atomic mass is 10.2. The van der Waals surface area contributed by atoms with Gasteiger partial charge in [-0.1, -0.05) is 22.0 Å². The van der Waals surface area contributed by atoms with Gasteiger partial charge in [0.05, 0.1) is 11.4 Å². The van der Waals surface area contributed by atoms with Crippen molar-refractivity contribution in [2.75, 3.05) is 17.8 Å². The highest BCUT2D eigenvalue weighted by molar-refractivity contribution is 9.10. The van der Waals surface area contributed by atoms with E-state index in [9.17, 15) is 18.4 Å². The van der Waals surface area contributed by atoms with Gasteiger partial charge in [-0.25, -0.2) is 18.0 Å². The van der Waals surface area contributed by atoms with E-state index < -0.39 is 9.84 Å². The van der Waals surface area contributed by atoms with E-state index in [1.165, 1.54) is 11.8 Å². The van der Waals surface area contributed by atoms with E-state index in [1.807, 2.05) is 11.5 Å². The SMILES string of the molecule is CS(=O)(=O)CCC(=O)CCCSc1nonc1C(=Nc1cccc(Br)c1)NO. The van der Waals surface area contributed by atoms with E-state index in [1.54, 1.807) is 18.2 Å². The maximum Gasteiger partial charge on any atom is 0.186 e. The molecular weight excluding hydrogens is 472 g/mol. The average molecular weight is 491 g/mol. The highest BCUT2D eigenvalue weighted by Crippen LogP contribution is 2.23. The number of ketones is 1. The van der Waals surface area contributed by atoms with Gasteiger partial charge in [0.1, 0.15) is 15.6 Å². The summed E-state index contributed by atoms with van der Waals surface area (Å²) in [6.07, 6.45) is 1.96. The lowest BCUT2D eigenvalue weighted by molar-refractivity contribution is -0.118. The van der Waals surface area contributed by atoms with Gasteiger partial charge in [-0.3, -0.25) is 15.5 Å². The Labute approximate surface area is 175 Å². The Morgan fingerprint density at radius 2 is 2.14 bits per heavy atom. The number of sulfone groups is 1. The molecule has 0 fully saturated rings. The van der Waals surface area contributed by atoms with Crippen LogP contribution in [0.15, 0.2) is 43.4 Å². The van der Waals surface area contributed by atoms with Gasteiger partial charge in [0.2, 0.25) is 0 Å². The molecule has 0 aliphatic carbocycles. The minimum absolute atomic E-state index is 0.0259. The molecule has 1 heterocycles.